The lowest BCUT2D eigenvalue weighted by Crippen LogP contribution is -2.53. The van der Waals surface area contributed by atoms with E-state index in [2.05, 4.69) is 0 Å². The molecule has 1 aromatic heterocycles. The number of para-hydroxylation sites is 2. The summed E-state index contributed by atoms with van der Waals surface area (Å²) in [5, 5.41) is 0.371. The molecule has 3 heterocycles. The Morgan fingerprint density at radius 3 is 2.52 bits per heavy atom. The van der Waals surface area contributed by atoms with Crippen LogP contribution >= 0.6 is 0 Å². The van der Waals surface area contributed by atoms with Crippen molar-refractivity contribution >= 4 is 28.5 Å². The van der Waals surface area contributed by atoms with Crippen molar-refractivity contribution in [1.29, 1.82) is 0 Å². The van der Waals surface area contributed by atoms with Crippen molar-refractivity contribution in [2.75, 3.05) is 18.5 Å². The molecule has 0 aliphatic carbocycles. The van der Waals surface area contributed by atoms with Gasteiger partial charge in [-0.1, -0.05) is 43.7 Å². The summed E-state index contributed by atoms with van der Waals surface area (Å²) in [6.45, 7) is 2.39. The molecular formula is C23H20N2O4. The van der Waals surface area contributed by atoms with Gasteiger partial charge in [0.2, 0.25) is 5.76 Å². The Labute approximate surface area is 167 Å². The predicted molar refractivity (Wildman–Crippen MR) is 109 cm³/mol. The van der Waals surface area contributed by atoms with Crippen LogP contribution in [-0.4, -0.2) is 30.3 Å². The molecule has 1 spiro atoms. The third kappa shape index (κ3) is 2.03. The van der Waals surface area contributed by atoms with E-state index in [1.807, 2.05) is 31.2 Å². The van der Waals surface area contributed by atoms with Crippen LogP contribution in [0, 0.1) is 0 Å². The lowest BCUT2D eigenvalue weighted by atomic mass is 9.84. The number of benzene rings is 2. The number of carbonyl (C=O) groups is 2. The summed E-state index contributed by atoms with van der Waals surface area (Å²) in [6.07, 6.45) is 1.57. The van der Waals surface area contributed by atoms with Crippen LogP contribution in [0.2, 0.25) is 0 Å². The zero-order valence-corrected chi connectivity index (χ0v) is 16.3. The molecule has 3 aromatic rings. The van der Waals surface area contributed by atoms with Gasteiger partial charge in [-0.3, -0.25) is 14.4 Å². The molecule has 2 aliphatic rings. The number of unbranched alkanes of at least 4 members (excludes halogenated alkanes) is 1. The van der Waals surface area contributed by atoms with Crippen LogP contribution in [0.5, 0.6) is 0 Å². The number of fused-ring (bicyclic) bond motifs is 5. The van der Waals surface area contributed by atoms with Gasteiger partial charge in [0.1, 0.15) is 5.58 Å². The van der Waals surface area contributed by atoms with E-state index >= 15 is 0 Å². The van der Waals surface area contributed by atoms with Gasteiger partial charge in [0.15, 0.2) is 11.0 Å². The van der Waals surface area contributed by atoms with Gasteiger partial charge in [-0.25, -0.2) is 0 Å². The maximum atomic E-state index is 13.7. The number of rotatable bonds is 3. The first-order chi connectivity index (χ1) is 14.0. The van der Waals surface area contributed by atoms with Gasteiger partial charge in [-0.2, -0.15) is 0 Å². The highest BCUT2D eigenvalue weighted by Crippen LogP contribution is 2.52. The van der Waals surface area contributed by atoms with E-state index < -0.39 is 11.4 Å². The van der Waals surface area contributed by atoms with Gasteiger partial charge in [0.05, 0.1) is 10.9 Å². The van der Waals surface area contributed by atoms with Crippen molar-refractivity contribution in [3.05, 3.63) is 75.6 Å². The Morgan fingerprint density at radius 1 is 1.00 bits per heavy atom. The average molecular weight is 388 g/mol. The molecule has 2 aliphatic heterocycles. The molecule has 2 aromatic carbocycles. The largest absolute Gasteiger partial charge is 0.450 e. The highest BCUT2D eigenvalue weighted by Gasteiger charge is 2.64. The lowest BCUT2D eigenvalue weighted by molar-refractivity contribution is -0.125. The van der Waals surface area contributed by atoms with Crippen LogP contribution in [0.4, 0.5) is 5.69 Å². The summed E-state index contributed by atoms with van der Waals surface area (Å²) < 4.78 is 5.93. The molecule has 1 atom stereocenters. The Hall–Kier alpha value is -3.41. The molecule has 0 bridgehead atoms. The zero-order valence-electron chi connectivity index (χ0n) is 16.3. The summed E-state index contributed by atoms with van der Waals surface area (Å²) in [4.78, 5) is 43.8. The van der Waals surface area contributed by atoms with E-state index in [0.29, 0.717) is 35.2 Å². The number of hydrogen-bond acceptors (Lipinski definition) is 4. The quantitative estimate of drug-likeness (QED) is 0.690. The number of likely N-dealkylation sites (N-methyl/N-ethyl adjacent to an activating group) is 1. The number of amides is 2. The minimum Gasteiger partial charge on any atom is -0.450 e. The molecule has 0 N–H and O–H groups in total. The predicted octanol–water partition coefficient (Wildman–Crippen LogP) is 3.27. The van der Waals surface area contributed by atoms with Gasteiger partial charge in [-0.05, 0) is 24.6 Å². The van der Waals surface area contributed by atoms with Crippen LogP contribution in [0.25, 0.3) is 11.0 Å². The molecule has 0 unspecified atom stereocenters. The first kappa shape index (κ1) is 17.7. The van der Waals surface area contributed by atoms with Crippen LogP contribution < -0.4 is 10.3 Å². The summed E-state index contributed by atoms with van der Waals surface area (Å²) in [6, 6.07) is 14.2. The fourth-order valence-electron chi connectivity index (χ4n) is 4.66. The molecule has 0 radical (unpaired) electrons. The summed E-state index contributed by atoms with van der Waals surface area (Å²) in [7, 11) is 1.68. The Balaban J connectivity index is 1.93. The average Bonchev–Trinajstić information content (AvgIpc) is 3.12. The van der Waals surface area contributed by atoms with Crippen LogP contribution in [0.1, 0.15) is 41.4 Å². The van der Waals surface area contributed by atoms with Crippen LogP contribution in [-0.2, 0) is 10.3 Å². The van der Waals surface area contributed by atoms with E-state index in [1.165, 1.54) is 9.80 Å². The van der Waals surface area contributed by atoms with Gasteiger partial charge in [0, 0.05) is 24.8 Å². The third-order valence-corrected chi connectivity index (χ3v) is 6.01. The van der Waals surface area contributed by atoms with E-state index in [4.69, 9.17) is 4.42 Å². The molecule has 146 valence electrons. The SMILES string of the molecule is CCCCN1C(=O)c2oc3ccccc3c(=O)c2[C@]12C(=O)N(C)c1ccccc12. The maximum absolute atomic E-state index is 13.7. The lowest BCUT2D eigenvalue weighted by Gasteiger charge is -2.33. The highest BCUT2D eigenvalue weighted by molar-refractivity contribution is 6.16. The smallest absolute Gasteiger partial charge is 0.291 e. The third-order valence-electron chi connectivity index (χ3n) is 6.01. The first-order valence-corrected chi connectivity index (χ1v) is 9.79. The number of nitrogens with zero attached hydrogens (tertiary/aromatic N) is 2. The molecule has 6 nitrogen and oxygen atoms in total. The molecule has 2 amide bonds. The Kier molecular flexibility index (Phi) is 3.68. The van der Waals surface area contributed by atoms with E-state index in [9.17, 15) is 14.4 Å². The second kappa shape index (κ2) is 6.04. The molecule has 0 saturated carbocycles. The normalized spacial score (nSPS) is 20.1. The van der Waals surface area contributed by atoms with Gasteiger partial charge < -0.3 is 14.2 Å². The second-order valence-electron chi connectivity index (χ2n) is 7.53. The van der Waals surface area contributed by atoms with E-state index in [-0.39, 0.29) is 22.7 Å². The summed E-state index contributed by atoms with van der Waals surface area (Å²) in [5.74, 6) is -0.734. The zero-order chi connectivity index (χ0) is 20.3. The summed E-state index contributed by atoms with van der Waals surface area (Å²) in [5.41, 5.74) is 0.0405. The summed E-state index contributed by atoms with van der Waals surface area (Å²) >= 11 is 0. The van der Waals surface area contributed by atoms with Crippen molar-refractivity contribution < 1.29 is 14.0 Å². The molecule has 0 fully saturated rings. The van der Waals surface area contributed by atoms with Crippen LogP contribution in [0.3, 0.4) is 0 Å². The maximum Gasteiger partial charge on any atom is 0.291 e. The van der Waals surface area contributed by atoms with Crippen LogP contribution in [0.15, 0.2) is 57.7 Å². The van der Waals surface area contributed by atoms with E-state index in [0.717, 1.165) is 6.42 Å². The first-order valence-electron chi connectivity index (χ1n) is 9.79. The fourth-order valence-corrected chi connectivity index (χ4v) is 4.66. The van der Waals surface area contributed by atoms with Gasteiger partial charge >= 0.3 is 0 Å². The molecular weight excluding hydrogens is 368 g/mol. The molecule has 29 heavy (non-hydrogen) atoms. The van der Waals surface area contributed by atoms with E-state index in [1.54, 1.807) is 31.3 Å². The van der Waals surface area contributed by atoms with Gasteiger partial charge in [-0.15, -0.1) is 0 Å². The minimum atomic E-state index is -1.47. The van der Waals surface area contributed by atoms with Gasteiger partial charge in [0.25, 0.3) is 11.8 Å². The van der Waals surface area contributed by atoms with Crippen molar-refractivity contribution in [3.8, 4) is 0 Å². The fraction of sp³-hybridized carbons (Fsp3) is 0.261. The van der Waals surface area contributed by atoms with Crippen molar-refractivity contribution in [2.45, 2.75) is 25.3 Å². The minimum absolute atomic E-state index is 0.0248. The number of hydrogen-bond donors (Lipinski definition) is 0. The standard InChI is InChI=1S/C23H20N2O4/c1-3-4-13-25-21(27)20-18(19(26)14-9-5-8-12-17(14)29-20)23(25)15-10-6-7-11-16(15)24(2)22(23)28/h5-12H,3-4,13H2,1-2H3/t23-/m1/s1. The molecule has 5 rings (SSSR count). The molecule has 0 saturated heterocycles. The van der Waals surface area contributed by atoms with Crippen molar-refractivity contribution in [2.24, 2.45) is 0 Å². The Morgan fingerprint density at radius 2 is 1.72 bits per heavy atom. The highest BCUT2D eigenvalue weighted by atomic mass is 16.3. The van der Waals surface area contributed by atoms with Crippen molar-refractivity contribution in [3.63, 3.8) is 0 Å². The number of anilines is 1. The van der Waals surface area contributed by atoms with Crippen molar-refractivity contribution in [1.82, 2.24) is 4.90 Å². The monoisotopic (exact) mass is 388 g/mol. The topological polar surface area (TPSA) is 70.8 Å². The number of carbonyl (C=O) groups excluding carboxylic acids is 2. The second-order valence-corrected chi connectivity index (χ2v) is 7.53. The molecule has 6 heteroatoms. The Bertz CT molecular complexity index is 1250.